The zero-order chi connectivity index (χ0) is 11.4. The van der Waals surface area contributed by atoms with Gasteiger partial charge in [-0.1, -0.05) is 0 Å². The Morgan fingerprint density at radius 3 is 2.73 bits per heavy atom. The molecular formula is C10H20N4S. The van der Waals surface area contributed by atoms with Crippen LogP contribution in [-0.2, 0) is 6.54 Å². The van der Waals surface area contributed by atoms with Crippen LogP contribution in [-0.4, -0.2) is 35.4 Å². The van der Waals surface area contributed by atoms with E-state index in [4.69, 9.17) is 5.73 Å². The zero-order valence-corrected chi connectivity index (χ0v) is 10.8. The van der Waals surface area contributed by atoms with Gasteiger partial charge in [0.15, 0.2) is 0 Å². The molecule has 0 radical (unpaired) electrons. The van der Waals surface area contributed by atoms with E-state index in [1.165, 1.54) is 0 Å². The van der Waals surface area contributed by atoms with Crippen LogP contribution in [0.25, 0.3) is 0 Å². The fourth-order valence-electron chi connectivity index (χ4n) is 1.54. The van der Waals surface area contributed by atoms with Crippen molar-refractivity contribution < 1.29 is 0 Å². The minimum atomic E-state index is 0.806. The molecule has 15 heavy (non-hydrogen) atoms. The second-order valence-electron chi connectivity index (χ2n) is 3.55. The highest BCUT2D eigenvalue weighted by Crippen LogP contribution is 2.25. The molecule has 0 spiro atoms. The average Bonchev–Trinajstić information content (AvgIpc) is 2.51. The number of aromatic nitrogens is 2. The topological polar surface area (TPSA) is 47.1 Å². The van der Waals surface area contributed by atoms with Crippen molar-refractivity contribution in [2.45, 2.75) is 20.4 Å². The van der Waals surface area contributed by atoms with Crippen molar-refractivity contribution in [3.63, 3.8) is 0 Å². The van der Waals surface area contributed by atoms with Crippen LogP contribution in [0.5, 0.6) is 0 Å². The minimum Gasteiger partial charge on any atom is -0.394 e. The minimum absolute atomic E-state index is 0.806. The molecule has 0 fully saturated rings. The molecule has 0 unspecified atom stereocenters. The van der Waals surface area contributed by atoms with Gasteiger partial charge in [-0.15, -0.1) is 0 Å². The number of hydrogen-bond acceptors (Lipinski definition) is 4. The van der Waals surface area contributed by atoms with Gasteiger partial charge in [0.05, 0.1) is 11.4 Å². The summed E-state index contributed by atoms with van der Waals surface area (Å²) in [5.41, 5.74) is 7.75. The molecule has 86 valence electrons. The number of hydrogen-bond donors (Lipinski definition) is 1. The molecule has 0 amide bonds. The van der Waals surface area contributed by atoms with Crippen LogP contribution >= 0.6 is 11.8 Å². The molecule has 0 saturated heterocycles. The Morgan fingerprint density at radius 1 is 1.53 bits per heavy atom. The van der Waals surface area contributed by atoms with E-state index < -0.39 is 0 Å². The Kier molecular flexibility index (Phi) is 4.32. The van der Waals surface area contributed by atoms with E-state index in [-0.39, 0.29) is 0 Å². The van der Waals surface area contributed by atoms with Gasteiger partial charge in [0.2, 0.25) is 0 Å². The maximum absolute atomic E-state index is 6.02. The molecule has 1 heterocycles. The van der Waals surface area contributed by atoms with Crippen molar-refractivity contribution in [2.24, 2.45) is 0 Å². The molecule has 0 aliphatic rings. The summed E-state index contributed by atoms with van der Waals surface area (Å²) in [6.45, 7) is 5.89. The smallest absolute Gasteiger partial charge is 0.150 e. The van der Waals surface area contributed by atoms with Crippen LogP contribution in [0.15, 0.2) is 0 Å². The van der Waals surface area contributed by atoms with Crippen LogP contribution in [0, 0.1) is 6.92 Å². The summed E-state index contributed by atoms with van der Waals surface area (Å²) in [6, 6.07) is 0. The van der Waals surface area contributed by atoms with Crippen molar-refractivity contribution in [3.8, 4) is 0 Å². The summed E-state index contributed by atoms with van der Waals surface area (Å²) in [5, 5.41) is 4.40. The number of nitrogens with two attached hydrogens (primary N) is 1. The number of nitrogens with zero attached hydrogens (tertiary/aromatic N) is 3. The van der Waals surface area contributed by atoms with E-state index in [2.05, 4.69) is 30.2 Å². The molecule has 1 aromatic heterocycles. The molecule has 1 aromatic rings. The Bertz CT molecular complexity index is 321. The maximum Gasteiger partial charge on any atom is 0.150 e. The molecule has 0 saturated carbocycles. The second kappa shape index (κ2) is 5.30. The molecule has 0 aromatic carbocycles. The number of rotatable bonds is 5. The van der Waals surface area contributed by atoms with Gasteiger partial charge in [0.25, 0.3) is 0 Å². The SMILES string of the molecule is CCn1nc(C)c(N)c1N(C)CCSC. The molecule has 0 aliphatic carbocycles. The lowest BCUT2D eigenvalue weighted by Gasteiger charge is -2.20. The zero-order valence-electron chi connectivity index (χ0n) is 9.95. The highest BCUT2D eigenvalue weighted by Gasteiger charge is 2.14. The normalized spacial score (nSPS) is 10.7. The Morgan fingerprint density at radius 2 is 2.20 bits per heavy atom. The fourth-order valence-corrected chi connectivity index (χ4v) is 2.00. The van der Waals surface area contributed by atoms with Gasteiger partial charge < -0.3 is 10.6 Å². The summed E-state index contributed by atoms with van der Waals surface area (Å²) in [5.74, 6) is 2.15. The first-order valence-electron chi connectivity index (χ1n) is 5.14. The summed E-state index contributed by atoms with van der Waals surface area (Å²) in [4.78, 5) is 2.18. The molecule has 4 nitrogen and oxygen atoms in total. The number of thioether (sulfide) groups is 1. The quantitative estimate of drug-likeness (QED) is 0.831. The highest BCUT2D eigenvalue weighted by atomic mass is 32.2. The van der Waals surface area contributed by atoms with E-state index in [0.29, 0.717) is 0 Å². The van der Waals surface area contributed by atoms with Gasteiger partial charge >= 0.3 is 0 Å². The summed E-state index contributed by atoms with van der Waals surface area (Å²) in [6.07, 6.45) is 2.11. The first-order valence-corrected chi connectivity index (χ1v) is 6.54. The summed E-state index contributed by atoms with van der Waals surface area (Å²) >= 11 is 1.84. The third-order valence-electron chi connectivity index (χ3n) is 2.44. The predicted molar refractivity (Wildman–Crippen MR) is 68.7 cm³/mol. The van der Waals surface area contributed by atoms with Crippen LogP contribution < -0.4 is 10.6 Å². The lowest BCUT2D eigenvalue weighted by atomic mass is 10.3. The molecule has 5 heteroatoms. The predicted octanol–water partition coefficient (Wildman–Crippen LogP) is 1.59. The van der Waals surface area contributed by atoms with E-state index in [1.54, 1.807) is 0 Å². The van der Waals surface area contributed by atoms with Crippen molar-refractivity contribution in [3.05, 3.63) is 5.69 Å². The molecule has 2 N–H and O–H groups in total. The van der Waals surface area contributed by atoms with Gasteiger partial charge in [-0.25, -0.2) is 4.68 Å². The monoisotopic (exact) mass is 228 g/mol. The van der Waals surface area contributed by atoms with Crippen molar-refractivity contribution >= 4 is 23.3 Å². The Hall–Kier alpha value is -0.840. The van der Waals surface area contributed by atoms with Crippen molar-refractivity contribution in [2.75, 3.05) is 36.2 Å². The lowest BCUT2D eigenvalue weighted by Crippen LogP contribution is -2.24. The van der Waals surface area contributed by atoms with Crippen molar-refractivity contribution in [1.82, 2.24) is 9.78 Å². The van der Waals surface area contributed by atoms with Crippen LogP contribution in [0.4, 0.5) is 11.5 Å². The fraction of sp³-hybridized carbons (Fsp3) is 0.700. The first-order chi connectivity index (χ1) is 7.11. The highest BCUT2D eigenvalue weighted by molar-refractivity contribution is 7.98. The third-order valence-corrected chi connectivity index (χ3v) is 3.03. The summed E-state index contributed by atoms with van der Waals surface area (Å²) < 4.78 is 1.96. The van der Waals surface area contributed by atoms with Gasteiger partial charge in [-0.05, 0) is 20.1 Å². The van der Waals surface area contributed by atoms with Gasteiger partial charge in [-0.3, -0.25) is 0 Å². The largest absolute Gasteiger partial charge is 0.394 e. The number of anilines is 2. The van der Waals surface area contributed by atoms with Crippen LogP contribution in [0.1, 0.15) is 12.6 Å². The molecule has 1 rings (SSSR count). The van der Waals surface area contributed by atoms with Gasteiger partial charge in [0, 0.05) is 25.9 Å². The second-order valence-corrected chi connectivity index (χ2v) is 4.54. The standard InChI is InChI=1S/C10H20N4S/c1-5-14-10(9(11)8(2)12-14)13(3)6-7-15-4/h5-7,11H2,1-4H3. The Labute approximate surface area is 95.8 Å². The maximum atomic E-state index is 6.02. The van der Waals surface area contributed by atoms with Crippen LogP contribution in [0.3, 0.4) is 0 Å². The van der Waals surface area contributed by atoms with E-state index in [9.17, 15) is 0 Å². The van der Waals surface area contributed by atoms with E-state index in [1.807, 2.05) is 23.4 Å². The van der Waals surface area contributed by atoms with Crippen LogP contribution in [0.2, 0.25) is 0 Å². The van der Waals surface area contributed by atoms with Gasteiger partial charge in [-0.2, -0.15) is 16.9 Å². The first kappa shape index (κ1) is 12.2. The molecule has 0 aliphatic heterocycles. The van der Waals surface area contributed by atoms with E-state index >= 15 is 0 Å². The molecular weight excluding hydrogens is 208 g/mol. The van der Waals surface area contributed by atoms with Gasteiger partial charge in [0.1, 0.15) is 5.82 Å². The lowest BCUT2D eigenvalue weighted by molar-refractivity contribution is 0.644. The average molecular weight is 228 g/mol. The summed E-state index contributed by atoms with van der Waals surface area (Å²) in [7, 11) is 2.06. The molecule has 0 bridgehead atoms. The number of nitrogen functional groups attached to an aromatic ring is 1. The molecule has 0 atom stereocenters. The van der Waals surface area contributed by atoms with Crippen molar-refractivity contribution in [1.29, 1.82) is 0 Å². The third kappa shape index (κ3) is 2.59. The number of aryl methyl sites for hydroxylation is 2. The van der Waals surface area contributed by atoms with E-state index in [0.717, 1.165) is 36.0 Å². The Balaban J connectivity index is 2.90.